The summed E-state index contributed by atoms with van der Waals surface area (Å²) in [5.41, 5.74) is 1.82. The highest BCUT2D eigenvalue weighted by Crippen LogP contribution is 2.34. The number of fused-ring (bicyclic) bond motifs is 3. The van der Waals surface area contributed by atoms with Gasteiger partial charge < -0.3 is 4.98 Å². The molecule has 1 aliphatic rings. The molecule has 0 aromatic carbocycles. The van der Waals surface area contributed by atoms with Gasteiger partial charge in [-0.25, -0.2) is 4.98 Å². The number of nitrogens with zero attached hydrogens (tertiary/aromatic N) is 4. The molecule has 0 spiro atoms. The van der Waals surface area contributed by atoms with Crippen molar-refractivity contribution < 1.29 is 4.92 Å². The van der Waals surface area contributed by atoms with Crippen molar-refractivity contribution in [3.8, 4) is 0 Å². The lowest BCUT2D eigenvalue weighted by atomic mass is 10.2. The lowest BCUT2D eigenvalue weighted by Crippen LogP contribution is -2.15. The fourth-order valence-electron chi connectivity index (χ4n) is 3.37. The van der Waals surface area contributed by atoms with E-state index in [0.29, 0.717) is 22.6 Å². The normalized spacial score (nSPS) is 13.6. The molecule has 3 aromatic rings. The Labute approximate surface area is 140 Å². The SMILES string of the molecule is Cc1nn(Cc2nc3sc4c(c3c(=O)[nH]2)CCC4)c(C)c1[N+](=O)[O-]. The Balaban J connectivity index is 1.77. The quantitative estimate of drug-likeness (QED) is 0.579. The van der Waals surface area contributed by atoms with E-state index < -0.39 is 4.92 Å². The molecule has 0 bridgehead atoms. The van der Waals surface area contributed by atoms with Crippen molar-refractivity contribution in [2.45, 2.75) is 39.7 Å². The van der Waals surface area contributed by atoms with Crippen LogP contribution < -0.4 is 5.56 Å². The van der Waals surface area contributed by atoms with Gasteiger partial charge in [-0.15, -0.1) is 11.3 Å². The lowest BCUT2D eigenvalue weighted by Gasteiger charge is -2.03. The first-order chi connectivity index (χ1) is 11.5. The molecule has 9 heteroatoms. The molecule has 1 aliphatic carbocycles. The largest absolute Gasteiger partial charge is 0.312 e. The van der Waals surface area contributed by atoms with Gasteiger partial charge in [0.1, 0.15) is 22.0 Å². The summed E-state index contributed by atoms with van der Waals surface area (Å²) >= 11 is 1.57. The Morgan fingerprint density at radius 3 is 2.88 bits per heavy atom. The summed E-state index contributed by atoms with van der Waals surface area (Å²) in [6.07, 6.45) is 3.03. The average molecular weight is 345 g/mol. The van der Waals surface area contributed by atoms with E-state index in [-0.39, 0.29) is 17.8 Å². The van der Waals surface area contributed by atoms with Crippen LogP contribution in [0, 0.1) is 24.0 Å². The van der Waals surface area contributed by atoms with Crippen LogP contribution in [0.3, 0.4) is 0 Å². The summed E-state index contributed by atoms with van der Waals surface area (Å²) in [5.74, 6) is 0.466. The minimum atomic E-state index is -0.433. The van der Waals surface area contributed by atoms with Crippen molar-refractivity contribution in [1.29, 1.82) is 0 Å². The number of hydrogen-bond donors (Lipinski definition) is 1. The maximum Gasteiger partial charge on any atom is 0.312 e. The van der Waals surface area contributed by atoms with Gasteiger partial charge in [0.15, 0.2) is 0 Å². The number of rotatable bonds is 3. The molecule has 8 nitrogen and oxygen atoms in total. The Hall–Kier alpha value is -2.55. The van der Waals surface area contributed by atoms with Gasteiger partial charge in [-0.3, -0.25) is 19.6 Å². The molecule has 0 amide bonds. The van der Waals surface area contributed by atoms with E-state index in [4.69, 9.17) is 0 Å². The summed E-state index contributed by atoms with van der Waals surface area (Å²) in [4.78, 5) is 32.5. The number of aromatic amines is 1. The summed E-state index contributed by atoms with van der Waals surface area (Å²) in [7, 11) is 0. The highest BCUT2D eigenvalue weighted by molar-refractivity contribution is 7.18. The van der Waals surface area contributed by atoms with Crippen molar-refractivity contribution in [3.05, 3.63) is 48.1 Å². The molecule has 0 aliphatic heterocycles. The van der Waals surface area contributed by atoms with E-state index in [2.05, 4.69) is 15.1 Å². The monoisotopic (exact) mass is 345 g/mol. The maximum absolute atomic E-state index is 12.4. The third-order valence-electron chi connectivity index (χ3n) is 4.45. The highest BCUT2D eigenvalue weighted by atomic mass is 32.1. The van der Waals surface area contributed by atoms with Gasteiger partial charge >= 0.3 is 5.69 Å². The van der Waals surface area contributed by atoms with Crippen LogP contribution in [0.2, 0.25) is 0 Å². The first kappa shape index (κ1) is 15.0. The molecule has 0 saturated heterocycles. The Bertz CT molecular complexity index is 1050. The molecular weight excluding hydrogens is 330 g/mol. The van der Waals surface area contributed by atoms with Crippen LogP contribution in [-0.4, -0.2) is 24.7 Å². The predicted octanol–water partition coefficient (Wildman–Crippen LogP) is 2.24. The van der Waals surface area contributed by atoms with Gasteiger partial charge in [-0.2, -0.15) is 5.10 Å². The molecule has 0 fully saturated rings. The number of nitrogens with one attached hydrogen (secondary N) is 1. The average Bonchev–Trinajstić information content (AvgIpc) is 3.12. The van der Waals surface area contributed by atoms with Crippen molar-refractivity contribution in [3.63, 3.8) is 0 Å². The van der Waals surface area contributed by atoms with Gasteiger partial charge in [0.05, 0.1) is 16.9 Å². The molecule has 3 heterocycles. The zero-order valence-corrected chi connectivity index (χ0v) is 14.1. The number of nitro groups is 1. The second-order valence-corrected chi connectivity index (χ2v) is 7.07. The summed E-state index contributed by atoms with van der Waals surface area (Å²) in [5, 5.41) is 16.0. The third-order valence-corrected chi connectivity index (χ3v) is 5.64. The van der Waals surface area contributed by atoms with Crippen LogP contribution >= 0.6 is 11.3 Å². The molecule has 24 heavy (non-hydrogen) atoms. The minimum Gasteiger partial charge on any atom is -0.308 e. The van der Waals surface area contributed by atoms with Crippen molar-refractivity contribution >= 4 is 27.2 Å². The Kier molecular flexibility index (Phi) is 3.27. The van der Waals surface area contributed by atoms with E-state index in [1.807, 2.05) is 0 Å². The van der Waals surface area contributed by atoms with Crippen molar-refractivity contribution in [1.82, 2.24) is 19.7 Å². The third kappa shape index (κ3) is 2.15. The minimum absolute atomic E-state index is 0.00789. The molecule has 0 atom stereocenters. The lowest BCUT2D eigenvalue weighted by molar-refractivity contribution is -0.386. The first-order valence-electron chi connectivity index (χ1n) is 7.67. The Morgan fingerprint density at radius 2 is 2.17 bits per heavy atom. The van der Waals surface area contributed by atoms with Gasteiger partial charge in [0.25, 0.3) is 5.56 Å². The first-order valence-corrected chi connectivity index (χ1v) is 8.49. The number of thiophene rings is 1. The smallest absolute Gasteiger partial charge is 0.308 e. The van der Waals surface area contributed by atoms with Crippen LogP contribution in [-0.2, 0) is 19.4 Å². The van der Waals surface area contributed by atoms with Crippen molar-refractivity contribution in [2.24, 2.45) is 0 Å². The maximum atomic E-state index is 12.4. The van der Waals surface area contributed by atoms with Crippen LogP contribution in [0.25, 0.3) is 10.2 Å². The fraction of sp³-hybridized carbons (Fsp3) is 0.400. The highest BCUT2D eigenvalue weighted by Gasteiger charge is 2.24. The second kappa shape index (κ2) is 5.23. The molecule has 124 valence electrons. The molecule has 4 rings (SSSR count). The molecule has 0 saturated carbocycles. The number of hydrogen-bond acceptors (Lipinski definition) is 6. The van der Waals surface area contributed by atoms with Crippen molar-refractivity contribution in [2.75, 3.05) is 0 Å². The number of aromatic nitrogens is 4. The molecule has 0 radical (unpaired) electrons. The van der Waals surface area contributed by atoms with Gasteiger partial charge in [-0.05, 0) is 38.7 Å². The summed E-state index contributed by atoms with van der Waals surface area (Å²) in [6.45, 7) is 3.45. The van der Waals surface area contributed by atoms with E-state index in [9.17, 15) is 14.9 Å². The van der Waals surface area contributed by atoms with Gasteiger partial charge in [0.2, 0.25) is 0 Å². The molecule has 1 N–H and O–H groups in total. The zero-order chi connectivity index (χ0) is 17.0. The zero-order valence-electron chi connectivity index (χ0n) is 13.3. The fourth-order valence-corrected chi connectivity index (χ4v) is 4.65. The number of aryl methyl sites for hydroxylation is 3. The Morgan fingerprint density at radius 1 is 1.38 bits per heavy atom. The van der Waals surface area contributed by atoms with Crippen LogP contribution in [0.15, 0.2) is 4.79 Å². The summed E-state index contributed by atoms with van der Waals surface area (Å²) in [6, 6.07) is 0. The van der Waals surface area contributed by atoms with Gasteiger partial charge in [-0.1, -0.05) is 0 Å². The topological polar surface area (TPSA) is 107 Å². The molecule has 0 unspecified atom stereocenters. The second-order valence-electron chi connectivity index (χ2n) is 5.98. The number of H-pyrrole nitrogens is 1. The van der Waals surface area contributed by atoms with Crippen LogP contribution in [0.1, 0.15) is 34.1 Å². The predicted molar refractivity (Wildman–Crippen MR) is 89.7 cm³/mol. The van der Waals surface area contributed by atoms with E-state index in [0.717, 1.165) is 29.7 Å². The van der Waals surface area contributed by atoms with Gasteiger partial charge in [0, 0.05) is 4.88 Å². The molecule has 3 aromatic heterocycles. The van der Waals surface area contributed by atoms with E-state index in [1.54, 1.807) is 25.2 Å². The summed E-state index contributed by atoms with van der Waals surface area (Å²) < 4.78 is 1.51. The van der Waals surface area contributed by atoms with Crippen LogP contribution in [0.4, 0.5) is 5.69 Å². The van der Waals surface area contributed by atoms with Crippen LogP contribution in [0.5, 0.6) is 0 Å². The molecular formula is C15H15N5O3S. The standard InChI is InChI=1S/C15H15N5O3S/c1-7-13(20(22)23)8(2)19(18-7)6-11-16-14(21)12-9-4-3-5-10(9)24-15(12)17-11/h3-6H2,1-2H3,(H,16,17,21). The van der Waals surface area contributed by atoms with E-state index in [1.165, 1.54) is 9.56 Å². The van der Waals surface area contributed by atoms with E-state index >= 15 is 0 Å².